The predicted molar refractivity (Wildman–Crippen MR) is 116 cm³/mol. The Kier molecular flexibility index (Phi) is 6.25. The van der Waals surface area contributed by atoms with Gasteiger partial charge in [0.2, 0.25) is 0 Å². The van der Waals surface area contributed by atoms with Crippen molar-refractivity contribution in [3.8, 4) is 0 Å². The van der Waals surface area contributed by atoms with Crippen molar-refractivity contribution in [1.82, 2.24) is 4.90 Å². The maximum absolute atomic E-state index is 12.8. The van der Waals surface area contributed by atoms with E-state index in [4.69, 9.17) is 4.99 Å². The molecule has 30 heavy (non-hydrogen) atoms. The van der Waals surface area contributed by atoms with Gasteiger partial charge < -0.3 is 5.11 Å². The number of imide groups is 1. The summed E-state index contributed by atoms with van der Waals surface area (Å²) in [6.07, 6.45) is 2.46. The molecule has 6 heteroatoms. The highest BCUT2D eigenvalue weighted by Crippen LogP contribution is 2.36. The number of ketones is 1. The summed E-state index contributed by atoms with van der Waals surface area (Å²) < 4.78 is 0. The summed E-state index contributed by atoms with van der Waals surface area (Å²) in [7, 11) is 0. The lowest BCUT2D eigenvalue weighted by molar-refractivity contribution is -0.117. The number of aliphatic imine (C=N–C) groups is 1. The highest BCUT2D eigenvalue weighted by Gasteiger charge is 2.37. The van der Waals surface area contributed by atoms with E-state index < -0.39 is 0 Å². The van der Waals surface area contributed by atoms with Gasteiger partial charge in [0, 0.05) is 31.1 Å². The molecule has 1 atom stereocenters. The van der Waals surface area contributed by atoms with E-state index >= 15 is 0 Å². The molecule has 0 aromatic heterocycles. The quantitative estimate of drug-likeness (QED) is 0.425. The van der Waals surface area contributed by atoms with Crippen LogP contribution in [0.2, 0.25) is 0 Å². The van der Waals surface area contributed by atoms with Crippen molar-refractivity contribution in [2.45, 2.75) is 65.8 Å². The van der Waals surface area contributed by atoms with Crippen LogP contribution in [-0.2, 0) is 4.79 Å². The number of fused-ring (bicyclic) bond motifs is 1. The van der Waals surface area contributed by atoms with Crippen molar-refractivity contribution in [3.05, 3.63) is 46.7 Å². The largest absolute Gasteiger partial charge is 0.511 e. The van der Waals surface area contributed by atoms with E-state index in [0.29, 0.717) is 41.7 Å². The fraction of sp³-hybridized carbons (Fsp3) is 0.500. The van der Waals surface area contributed by atoms with Crippen molar-refractivity contribution < 1.29 is 19.5 Å². The van der Waals surface area contributed by atoms with E-state index in [-0.39, 0.29) is 47.8 Å². The lowest BCUT2D eigenvalue weighted by Gasteiger charge is -2.32. The molecule has 1 unspecified atom stereocenters. The first kappa shape index (κ1) is 21.9. The number of aliphatic hydroxyl groups is 1. The zero-order valence-corrected chi connectivity index (χ0v) is 18.2. The van der Waals surface area contributed by atoms with E-state index in [2.05, 4.69) is 0 Å². The molecule has 3 rings (SSSR count). The second-order valence-corrected chi connectivity index (χ2v) is 9.01. The molecular weight excluding hydrogens is 380 g/mol. The number of amides is 2. The van der Waals surface area contributed by atoms with Gasteiger partial charge in [-0.2, -0.15) is 0 Å². The Morgan fingerprint density at radius 1 is 1.13 bits per heavy atom. The maximum atomic E-state index is 12.8. The fourth-order valence-electron chi connectivity index (χ4n) is 4.05. The van der Waals surface area contributed by atoms with Crippen molar-refractivity contribution in [3.63, 3.8) is 0 Å². The smallest absolute Gasteiger partial charge is 0.261 e. The minimum atomic E-state index is -0.308. The van der Waals surface area contributed by atoms with Crippen LogP contribution >= 0.6 is 0 Å². The Morgan fingerprint density at radius 2 is 1.73 bits per heavy atom. The van der Waals surface area contributed by atoms with Crippen molar-refractivity contribution in [1.29, 1.82) is 0 Å². The first-order valence-electron chi connectivity index (χ1n) is 10.6. The lowest BCUT2D eigenvalue weighted by atomic mass is 9.73. The van der Waals surface area contributed by atoms with Crippen LogP contribution in [0.4, 0.5) is 0 Å². The SMILES string of the molecule is CCC(C)N=C1CC(C)(C)CC(=O)/C1=C(/O)CCCN1C(=O)c2ccccc2C1=O. The summed E-state index contributed by atoms with van der Waals surface area (Å²) in [5, 5.41) is 10.7. The molecule has 1 fully saturated rings. The fourth-order valence-corrected chi connectivity index (χ4v) is 4.05. The van der Waals surface area contributed by atoms with Gasteiger partial charge in [0.15, 0.2) is 5.78 Å². The Balaban J connectivity index is 1.74. The average Bonchev–Trinajstić information content (AvgIpc) is 2.91. The summed E-state index contributed by atoms with van der Waals surface area (Å²) in [6.45, 7) is 8.30. The summed E-state index contributed by atoms with van der Waals surface area (Å²) in [5.41, 5.74) is 1.64. The standard InChI is InChI=1S/C24H30N2O4/c1-5-15(2)25-18-13-24(3,4)14-20(28)21(18)19(27)11-8-12-26-22(29)16-9-6-7-10-17(16)23(26)30/h6-7,9-10,15,27H,5,8,11-14H2,1-4H3/b21-19+,25-18?. The molecule has 1 aliphatic heterocycles. The number of carbonyl (C=O) groups is 3. The molecule has 1 heterocycles. The van der Waals surface area contributed by atoms with E-state index in [1.807, 2.05) is 27.7 Å². The Bertz CT molecular complexity index is 907. The van der Waals surface area contributed by atoms with Crippen molar-refractivity contribution in [2.75, 3.05) is 6.54 Å². The zero-order chi connectivity index (χ0) is 22.1. The maximum Gasteiger partial charge on any atom is 0.261 e. The topological polar surface area (TPSA) is 87.0 Å². The molecule has 0 radical (unpaired) electrons. The van der Waals surface area contributed by atoms with Gasteiger partial charge in [-0.05, 0) is 43.7 Å². The lowest BCUT2D eigenvalue weighted by Crippen LogP contribution is -2.33. The summed E-state index contributed by atoms with van der Waals surface area (Å²) >= 11 is 0. The van der Waals surface area contributed by atoms with E-state index in [9.17, 15) is 19.5 Å². The van der Waals surface area contributed by atoms with Gasteiger partial charge in [-0.1, -0.05) is 32.9 Å². The minimum Gasteiger partial charge on any atom is -0.511 e. The monoisotopic (exact) mass is 410 g/mol. The van der Waals surface area contributed by atoms with Crippen LogP contribution < -0.4 is 0 Å². The van der Waals surface area contributed by atoms with Gasteiger partial charge in [0.25, 0.3) is 11.8 Å². The van der Waals surface area contributed by atoms with Crippen molar-refractivity contribution in [2.24, 2.45) is 10.4 Å². The second kappa shape index (κ2) is 8.54. The molecule has 0 saturated heterocycles. The van der Waals surface area contributed by atoms with Crippen LogP contribution in [0, 0.1) is 5.41 Å². The van der Waals surface area contributed by atoms with Crippen LogP contribution in [0.1, 0.15) is 80.5 Å². The van der Waals surface area contributed by atoms with Gasteiger partial charge in [0.05, 0.1) is 16.7 Å². The summed E-state index contributed by atoms with van der Waals surface area (Å²) in [4.78, 5) is 43.6. The number of rotatable bonds is 6. The summed E-state index contributed by atoms with van der Waals surface area (Å²) in [5.74, 6) is -0.699. The van der Waals surface area contributed by atoms with E-state index in [0.717, 1.165) is 6.42 Å². The molecule has 1 N–H and O–H groups in total. The van der Waals surface area contributed by atoms with E-state index in [1.165, 1.54) is 4.90 Å². The summed E-state index contributed by atoms with van der Waals surface area (Å²) in [6, 6.07) is 6.84. The molecule has 0 spiro atoms. The third kappa shape index (κ3) is 4.37. The zero-order valence-electron chi connectivity index (χ0n) is 18.2. The van der Waals surface area contributed by atoms with Crippen molar-refractivity contribution >= 4 is 23.3 Å². The van der Waals surface area contributed by atoms with Crippen LogP contribution in [0.3, 0.4) is 0 Å². The molecule has 1 aromatic carbocycles. The van der Waals surface area contributed by atoms with Crippen LogP contribution in [0.25, 0.3) is 0 Å². The number of hydrogen-bond donors (Lipinski definition) is 1. The Morgan fingerprint density at radius 3 is 2.30 bits per heavy atom. The molecule has 160 valence electrons. The Labute approximate surface area is 177 Å². The molecule has 6 nitrogen and oxygen atoms in total. The number of benzene rings is 1. The van der Waals surface area contributed by atoms with Gasteiger partial charge in [0.1, 0.15) is 5.76 Å². The van der Waals surface area contributed by atoms with Gasteiger partial charge in [-0.3, -0.25) is 24.3 Å². The predicted octanol–water partition coefficient (Wildman–Crippen LogP) is 4.50. The third-order valence-corrected chi connectivity index (χ3v) is 5.78. The number of aliphatic hydroxyl groups excluding tert-OH is 1. The average molecular weight is 411 g/mol. The highest BCUT2D eigenvalue weighted by molar-refractivity contribution is 6.24. The van der Waals surface area contributed by atoms with Gasteiger partial charge >= 0.3 is 0 Å². The molecular formula is C24H30N2O4. The molecule has 2 aliphatic rings. The van der Waals surface area contributed by atoms with Crippen LogP contribution in [-0.4, -0.2) is 45.9 Å². The number of hydrogen-bond acceptors (Lipinski definition) is 5. The van der Waals surface area contributed by atoms with E-state index in [1.54, 1.807) is 24.3 Å². The van der Waals surface area contributed by atoms with Gasteiger partial charge in [-0.15, -0.1) is 0 Å². The van der Waals surface area contributed by atoms with Gasteiger partial charge in [-0.25, -0.2) is 0 Å². The number of nitrogens with zero attached hydrogens (tertiary/aromatic N) is 2. The number of allylic oxidation sites excluding steroid dienone is 2. The molecule has 1 aromatic rings. The first-order chi connectivity index (χ1) is 14.1. The minimum absolute atomic E-state index is 0.00848. The number of Topliss-reactive ketones (excluding diaryl/α,β-unsaturated/α-hetero) is 1. The normalized spacial score (nSPS) is 22.5. The van der Waals surface area contributed by atoms with Crippen LogP contribution in [0.5, 0.6) is 0 Å². The number of carbonyl (C=O) groups excluding carboxylic acids is 3. The first-order valence-corrected chi connectivity index (χ1v) is 10.6. The second-order valence-electron chi connectivity index (χ2n) is 9.01. The molecule has 2 amide bonds. The van der Waals surface area contributed by atoms with Crippen LogP contribution in [0.15, 0.2) is 40.6 Å². The molecule has 0 bridgehead atoms. The third-order valence-electron chi connectivity index (χ3n) is 5.78. The molecule has 1 saturated carbocycles. The highest BCUT2D eigenvalue weighted by atomic mass is 16.3. The Hall–Kier alpha value is -2.76. The molecule has 1 aliphatic carbocycles.